The lowest BCUT2D eigenvalue weighted by Gasteiger charge is -1.88. The van der Waals surface area contributed by atoms with Crippen molar-refractivity contribution in [3.05, 3.63) is 11.9 Å². The molecule has 0 aliphatic heterocycles. The van der Waals surface area contributed by atoms with Crippen molar-refractivity contribution in [1.29, 1.82) is 0 Å². The molecule has 0 saturated carbocycles. The van der Waals surface area contributed by atoms with Crippen molar-refractivity contribution in [3.8, 4) is 5.75 Å². The first-order valence-electron chi connectivity index (χ1n) is 2.87. The summed E-state index contributed by atoms with van der Waals surface area (Å²) in [4.78, 5) is 20.1. The van der Waals surface area contributed by atoms with E-state index in [2.05, 4.69) is 9.84 Å². The van der Waals surface area contributed by atoms with Crippen LogP contribution in [0.2, 0.25) is 0 Å². The average molecular weight is 154 g/mol. The van der Waals surface area contributed by atoms with E-state index in [1.807, 2.05) is 0 Å². The molecule has 58 valence electrons. The quantitative estimate of drug-likeness (QED) is 0.564. The van der Waals surface area contributed by atoms with Crippen LogP contribution in [0.3, 0.4) is 0 Å². The Kier molecular flexibility index (Phi) is 2.00. The van der Waals surface area contributed by atoms with E-state index in [0.717, 1.165) is 0 Å². The van der Waals surface area contributed by atoms with Gasteiger partial charge in [0.05, 0.1) is 6.20 Å². The monoisotopic (exact) mass is 154 g/mol. The van der Waals surface area contributed by atoms with Crippen molar-refractivity contribution >= 4 is 12.8 Å². The molecule has 0 aliphatic rings. The van der Waals surface area contributed by atoms with Gasteiger partial charge in [0, 0.05) is 7.05 Å². The summed E-state index contributed by atoms with van der Waals surface area (Å²) in [5.41, 5.74) is 0.125. The van der Waals surface area contributed by atoms with Gasteiger partial charge in [0.1, 0.15) is 0 Å². The second kappa shape index (κ2) is 2.96. The molecule has 1 rings (SSSR count). The van der Waals surface area contributed by atoms with Crippen LogP contribution < -0.4 is 4.74 Å². The Morgan fingerprint density at radius 1 is 1.64 bits per heavy atom. The Morgan fingerprint density at radius 2 is 2.36 bits per heavy atom. The van der Waals surface area contributed by atoms with Gasteiger partial charge in [0.25, 0.3) is 6.47 Å². The van der Waals surface area contributed by atoms with E-state index in [-0.39, 0.29) is 17.9 Å². The zero-order chi connectivity index (χ0) is 8.27. The summed E-state index contributed by atoms with van der Waals surface area (Å²) < 4.78 is 5.84. The van der Waals surface area contributed by atoms with E-state index in [4.69, 9.17) is 0 Å². The average Bonchev–Trinajstić information content (AvgIpc) is 2.32. The van der Waals surface area contributed by atoms with Crippen LogP contribution in [0.1, 0.15) is 10.5 Å². The molecule has 0 unspecified atom stereocenters. The van der Waals surface area contributed by atoms with E-state index in [9.17, 15) is 9.59 Å². The minimum Gasteiger partial charge on any atom is -0.425 e. The highest BCUT2D eigenvalue weighted by Gasteiger charge is 2.06. The zero-order valence-corrected chi connectivity index (χ0v) is 5.85. The first-order valence-corrected chi connectivity index (χ1v) is 2.87. The summed E-state index contributed by atoms with van der Waals surface area (Å²) in [7, 11) is 1.63. The van der Waals surface area contributed by atoms with E-state index in [1.54, 1.807) is 7.05 Å². The third-order valence-electron chi connectivity index (χ3n) is 1.11. The fourth-order valence-electron chi connectivity index (χ4n) is 0.708. The number of rotatable bonds is 3. The number of hydrogen-bond donors (Lipinski definition) is 0. The van der Waals surface area contributed by atoms with Crippen LogP contribution in [0.15, 0.2) is 6.20 Å². The summed E-state index contributed by atoms with van der Waals surface area (Å²) in [6, 6.07) is 0. The first-order chi connectivity index (χ1) is 5.27. The molecule has 0 spiro atoms. The van der Waals surface area contributed by atoms with Crippen molar-refractivity contribution in [1.82, 2.24) is 9.78 Å². The summed E-state index contributed by atoms with van der Waals surface area (Å²) in [6.45, 7) is 0.254. The molecule has 0 saturated heterocycles. The maximum Gasteiger partial charge on any atom is 0.298 e. The normalized spacial score (nSPS) is 9.18. The lowest BCUT2D eigenvalue weighted by Crippen LogP contribution is -1.91. The SMILES string of the molecule is Cn1cc(OC=O)c(C=O)n1. The second-order valence-corrected chi connectivity index (χ2v) is 1.88. The Hall–Kier alpha value is -1.65. The molecular formula is C6H6N2O3. The van der Waals surface area contributed by atoms with Gasteiger partial charge in [-0.2, -0.15) is 5.10 Å². The minimum atomic E-state index is 0.125. The van der Waals surface area contributed by atoms with Gasteiger partial charge >= 0.3 is 0 Å². The molecule has 0 atom stereocenters. The molecule has 0 amide bonds. The van der Waals surface area contributed by atoms with E-state index >= 15 is 0 Å². The predicted molar refractivity (Wildman–Crippen MR) is 35.3 cm³/mol. The van der Waals surface area contributed by atoms with Crippen LogP contribution in [0.25, 0.3) is 0 Å². The van der Waals surface area contributed by atoms with Crippen molar-refractivity contribution in [2.24, 2.45) is 7.05 Å². The number of ether oxygens (including phenoxy) is 1. The number of aldehydes is 1. The van der Waals surface area contributed by atoms with E-state index < -0.39 is 0 Å². The summed E-state index contributed by atoms with van der Waals surface area (Å²) >= 11 is 0. The highest BCUT2D eigenvalue weighted by molar-refractivity contribution is 5.76. The Labute approximate surface area is 62.6 Å². The van der Waals surface area contributed by atoms with Crippen LogP contribution in [-0.4, -0.2) is 22.5 Å². The molecule has 0 aliphatic carbocycles. The molecule has 1 heterocycles. The number of aromatic nitrogens is 2. The molecular weight excluding hydrogens is 148 g/mol. The van der Waals surface area contributed by atoms with Crippen LogP contribution >= 0.6 is 0 Å². The van der Waals surface area contributed by atoms with Gasteiger partial charge < -0.3 is 4.74 Å². The van der Waals surface area contributed by atoms with Gasteiger partial charge in [-0.25, -0.2) is 0 Å². The van der Waals surface area contributed by atoms with Gasteiger partial charge in [-0.15, -0.1) is 0 Å². The maximum atomic E-state index is 10.2. The first kappa shape index (κ1) is 7.46. The Balaban J connectivity index is 3.00. The standard InChI is InChI=1S/C6H6N2O3/c1-8-2-6(11-4-10)5(3-9)7-8/h2-4H,1H3. The van der Waals surface area contributed by atoms with Crippen LogP contribution in [-0.2, 0) is 11.8 Å². The maximum absolute atomic E-state index is 10.2. The van der Waals surface area contributed by atoms with Crippen molar-refractivity contribution in [3.63, 3.8) is 0 Å². The molecule has 1 aromatic heterocycles. The predicted octanol–water partition coefficient (Wildman–Crippen LogP) is -0.232. The van der Waals surface area contributed by atoms with Crippen LogP contribution in [0, 0.1) is 0 Å². The third-order valence-corrected chi connectivity index (χ3v) is 1.11. The fourth-order valence-corrected chi connectivity index (χ4v) is 0.708. The summed E-state index contributed by atoms with van der Waals surface area (Å²) in [5, 5.41) is 3.71. The van der Waals surface area contributed by atoms with Crippen LogP contribution in [0.4, 0.5) is 0 Å². The molecule has 0 bridgehead atoms. The minimum absolute atomic E-state index is 0.125. The molecule has 5 heteroatoms. The van der Waals surface area contributed by atoms with Gasteiger partial charge in [0.2, 0.25) is 0 Å². The van der Waals surface area contributed by atoms with Crippen molar-refractivity contribution < 1.29 is 14.3 Å². The highest BCUT2D eigenvalue weighted by Crippen LogP contribution is 2.12. The number of carbonyl (C=O) groups is 2. The lowest BCUT2D eigenvalue weighted by molar-refractivity contribution is -0.120. The Bertz CT molecular complexity index is 279. The molecule has 5 nitrogen and oxygen atoms in total. The molecule has 0 N–H and O–H groups in total. The number of carbonyl (C=O) groups excluding carboxylic acids is 2. The fraction of sp³-hybridized carbons (Fsp3) is 0.167. The molecule has 11 heavy (non-hydrogen) atoms. The smallest absolute Gasteiger partial charge is 0.298 e. The topological polar surface area (TPSA) is 61.2 Å². The molecule has 0 aromatic carbocycles. The molecule has 0 fully saturated rings. The van der Waals surface area contributed by atoms with E-state index in [0.29, 0.717) is 6.29 Å². The zero-order valence-electron chi connectivity index (χ0n) is 5.85. The van der Waals surface area contributed by atoms with Gasteiger partial charge in [-0.1, -0.05) is 0 Å². The highest BCUT2D eigenvalue weighted by atomic mass is 16.5. The van der Waals surface area contributed by atoms with Gasteiger partial charge in [-0.3, -0.25) is 14.3 Å². The second-order valence-electron chi connectivity index (χ2n) is 1.88. The number of hydrogen-bond acceptors (Lipinski definition) is 4. The van der Waals surface area contributed by atoms with Gasteiger partial charge in [0.15, 0.2) is 17.7 Å². The van der Waals surface area contributed by atoms with Crippen LogP contribution in [0.5, 0.6) is 5.75 Å². The lowest BCUT2D eigenvalue weighted by atomic mass is 10.4. The Morgan fingerprint density at radius 3 is 2.91 bits per heavy atom. The van der Waals surface area contributed by atoms with Crippen molar-refractivity contribution in [2.75, 3.05) is 0 Å². The summed E-state index contributed by atoms with van der Waals surface area (Å²) in [6.07, 6.45) is 1.97. The molecule has 1 aromatic rings. The third kappa shape index (κ3) is 1.43. The largest absolute Gasteiger partial charge is 0.425 e. The molecule has 0 radical (unpaired) electrons. The summed E-state index contributed by atoms with van der Waals surface area (Å²) in [5.74, 6) is 0.178. The number of nitrogens with zero attached hydrogens (tertiary/aromatic N) is 2. The van der Waals surface area contributed by atoms with Gasteiger partial charge in [-0.05, 0) is 0 Å². The van der Waals surface area contributed by atoms with Crippen molar-refractivity contribution in [2.45, 2.75) is 0 Å². The number of aryl methyl sites for hydroxylation is 1. The van der Waals surface area contributed by atoms with E-state index in [1.165, 1.54) is 10.9 Å².